The fraction of sp³-hybridized carbons (Fsp3) is 0.250. The van der Waals surface area contributed by atoms with Crippen molar-refractivity contribution < 1.29 is 4.79 Å². The molecule has 31 heavy (non-hydrogen) atoms. The van der Waals surface area contributed by atoms with E-state index in [0.29, 0.717) is 6.42 Å². The number of amides is 1. The van der Waals surface area contributed by atoms with Crippen LogP contribution in [0.1, 0.15) is 42.5 Å². The van der Waals surface area contributed by atoms with Crippen LogP contribution in [0, 0.1) is 0 Å². The van der Waals surface area contributed by atoms with Gasteiger partial charge in [-0.3, -0.25) is 4.79 Å². The lowest BCUT2D eigenvalue weighted by atomic mass is 9.74. The minimum absolute atomic E-state index is 0.117. The van der Waals surface area contributed by atoms with Gasteiger partial charge in [-0.05, 0) is 51.9 Å². The largest absolute Gasteiger partial charge is 0.344 e. The summed E-state index contributed by atoms with van der Waals surface area (Å²) in [5.74, 6) is 0.117. The van der Waals surface area contributed by atoms with E-state index in [1.54, 1.807) is 0 Å². The Morgan fingerprint density at radius 1 is 0.935 bits per heavy atom. The fourth-order valence-electron chi connectivity index (χ4n) is 5.80. The Morgan fingerprint density at radius 2 is 1.71 bits per heavy atom. The summed E-state index contributed by atoms with van der Waals surface area (Å²) in [6, 6.07) is 23.9. The summed E-state index contributed by atoms with van der Waals surface area (Å²) < 4.78 is 0. The molecule has 3 aliphatic rings. The lowest BCUT2D eigenvalue weighted by Gasteiger charge is -2.49. The molecule has 3 heteroatoms. The van der Waals surface area contributed by atoms with Crippen LogP contribution in [0.15, 0.2) is 72.8 Å². The third-order valence-electron chi connectivity index (χ3n) is 7.47. The van der Waals surface area contributed by atoms with Crippen molar-refractivity contribution in [3.05, 3.63) is 95.1 Å². The zero-order chi connectivity index (χ0) is 21.2. The summed E-state index contributed by atoms with van der Waals surface area (Å²) in [4.78, 5) is 14.9. The summed E-state index contributed by atoms with van der Waals surface area (Å²) in [5, 5.41) is 3.37. The van der Waals surface area contributed by atoms with Crippen LogP contribution in [0.2, 0.25) is 0 Å². The Balaban J connectivity index is 1.41. The van der Waals surface area contributed by atoms with Gasteiger partial charge in [-0.2, -0.15) is 0 Å². The van der Waals surface area contributed by atoms with Gasteiger partial charge in [-0.1, -0.05) is 80.6 Å². The van der Waals surface area contributed by atoms with Crippen LogP contribution in [0.4, 0.5) is 5.69 Å². The summed E-state index contributed by atoms with van der Waals surface area (Å²) in [6.45, 7) is 5.21. The van der Waals surface area contributed by atoms with E-state index in [0.717, 1.165) is 13.0 Å². The molecule has 154 valence electrons. The number of hydrogen-bond acceptors (Lipinski definition) is 2. The van der Waals surface area contributed by atoms with Gasteiger partial charge in [0.1, 0.15) is 5.66 Å². The second-order valence-electron chi connectivity index (χ2n) is 9.44. The van der Waals surface area contributed by atoms with Gasteiger partial charge in [-0.15, -0.1) is 0 Å². The van der Waals surface area contributed by atoms with Gasteiger partial charge in [0, 0.05) is 24.1 Å². The van der Waals surface area contributed by atoms with Crippen molar-refractivity contribution >= 4 is 17.7 Å². The van der Waals surface area contributed by atoms with Gasteiger partial charge in [0.25, 0.3) is 0 Å². The van der Waals surface area contributed by atoms with Crippen LogP contribution >= 0.6 is 0 Å². The van der Waals surface area contributed by atoms with E-state index in [-0.39, 0.29) is 11.3 Å². The first-order valence-electron chi connectivity index (χ1n) is 11.1. The van der Waals surface area contributed by atoms with Crippen LogP contribution < -0.4 is 10.2 Å². The Hall–Kier alpha value is -3.33. The molecule has 1 aliphatic carbocycles. The van der Waals surface area contributed by atoms with Gasteiger partial charge >= 0.3 is 0 Å². The smallest absolute Gasteiger partial charge is 0.223 e. The monoisotopic (exact) mass is 406 g/mol. The van der Waals surface area contributed by atoms with Gasteiger partial charge in [0.2, 0.25) is 5.91 Å². The molecule has 0 saturated carbocycles. The summed E-state index contributed by atoms with van der Waals surface area (Å²) in [5.41, 5.74) is 8.34. The Kier molecular flexibility index (Phi) is 3.77. The number of nitrogens with one attached hydrogen (secondary N) is 1. The molecule has 0 radical (unpaired) electrons. The topological polar surface area (TPSA) is 32.3 Å². The zero-order valence-electron chi connectivity index (χ0n) is 18.0. The highest BCUT2D eigenvalue weighted by atomic mass is 16.2. The average molecular weight is 407 g/mol. The minimum Gasteiger partial charge on any atom is -0.344 e. The van der Waals surface area contributed by atoms with E-state index in [1.165, 1.54) is 39.1 Å². The lowest BCUT2D eigenvalue weighted by Crippen LogP contribution is -2.68. The van der Waals surface area contributed by atoms with Gasteiger partial charge in [-0.25, -0.2) is 0 Å². The number of benzene rings is 3. The maximum absolute atomic E-state index is 12.6. The van der Waals surface area contributed by atoms with Crippen LogP contribution in [-0.2, 0) is 16.6 Å². The standard InChI is InChI=1S/C28H26N2O/c1-27(2)24-9-5-6-10-25(24)30-16-14-26(31)29-28(27,30)15-13-19-11-12-23-21(17-19)18-20-7-3-4-8-22(20)23/h3-13,15,17H,14,16,18H2,1-2H3,(H,29,31)/b15-13+/t28-/m0/s1. The molecular formula is C28H26N2O. The van der Waals surface area contributed by atoms with Crippen molar-refractivity contribution in [3.63, 3.8) is 0 Å². The Labute approximate surface area is 183 Å². The molecule has 0 unspecified atom stereocenters. The molecule has 2 aliphatic heterocycles. The predicted octanol–water partition coefficient (Wildman–Crippen LogP) is 5.29. The van der Waals surface area contributed by atoms with E-state index in [2.05, 4.69) is 103 Å². The first kappa shape index (κ1) is 18.4. The van der Waals surface area contributed by atoms with Crippen LogP contribution in [0.5, 0.6) is 0 Å². The third kappa shape index (κ3) is 2.49. The van der Waals surface area contributed by atoms with Crippen molar-refractivity contribution in [3.8, 4) is 11.1 Å². The molecular weight excluding hydrogens is 380 g/mol. The summed E-state index contributed by atoms with van der Waals surface area (Å²) in [6.07, 6.45) is 5.92. The molecule has 1 N–H and O–H groups in total. The van der Waals surface area contributed by atoms with Crippen molar-refractivity contribution in [1.82, 2.24) is 5.32 Å². The molecule has 3 nitrogen and oxygen atoms in total. The molecule has 2 heterocycles. The molecule has 1 atom stereocenters. The highest BCUT2D eigenvalue weighted by Crippen LogP contribution is 2.52. The molecule has 0 bridgehead atoms. The third-order valence-corrected chi connectivity index (χ3v) is 7.47. The van der Waals surface area contributed by atoms with Crippen molar-refractivity contribution in [2.24, 2.45) is 0 Å². The number of anilines is 1. The molecule has 3 aromatic carbocycles. The Bertz CT molecular complexity index is 1260. The first-order valence-corrected chi connectivity index (χ1v) is 11.1. The SMILES string of the molecule is CC1(C)c2ccccc2N2CCC(=O)N[C@@]21/C=C/c1ccc2c(c1)Cc1ccccc1-2. The number of nitrogens with zero attached hydrogens (tertiary/aromatic N) is 1. The number of carbonyl (C=O) groups excluding carboxylic acids is 1. The zero-order valence-corrected chi connectivity index (χ0v) is 18.0. The van der Waals surface area contributed by atoms with Crippen molar-refractivity contribution in [2.45, 2.75) is 37.8 Å². The number of rotatable bonds is 2. The number of para-hydroxylation sites is 1. The van der Waals surface area contributed by atoms with Crippen molar-refractivity contribution in [1.29, 1.82) is 0 Å². The van der Waals surface area contributed by atoms with Crippen LogP contribution in [0.25, 0.3) is 17.2 Å². The average Bonchev–Trinajstić information content (AvgIpc) is 3.23. The summed E-state index contributed by atoms with van der Waals surface area (Å²) in [7, 11) is 0. The van der Waals surface area contributed by atoms with Crippen molar-refractivity contribution in [2.75, 3.05) is 11.4 Å². The normalized spacial score (nSPS) is 22.6. The van der Waals surface area contributed by atoms with Crippen LogP contribution in [0.3, 0.4) is 0 Å². The lowest BCUT2D eigenvalue weighted by molar-refractivity contribution is -0.124. The van der Waals surface area contributed by atoms with E-state index >= 15 is 0 Å². The molecule has 1 saturated heterocycles. The number of fused-ring (bicyclic) bond motifs is 6. The number of hydrogen-bond donors (Lipinski definition) is 1. The van der Waals surface area contributed by atoms with E-state index in [9.17, 15) is 4.79 Å². The van der Waals surface area contributed by atoms with E-state index in [1.807, 2.05) is 0 Å². The summed E-state index contributed by atoms with van der Waals surface area (Å²) >= 11 is 0. The van der Waals surface area contributed by atoms with Gasteiger partial charge in [0.05, 0.1) is 0 Å². The molecule has 3 aromatic rings. The predicted molar refractivity (Wildman–Crippen MR) is 126 cm³/mol. The highest BCUT2D eigenvalue weighted by Gasteiger charge is 2.57. The molecule has 1 fully saturated rings. The maximum Gasteiger partial charge on any atom is 0.223 e. The van der Waals surface area contributed by atoms with E-state index in [4.69, 9.17) is 0 Å². The van der Waals surface area contributed by atoms with Gasteiger partial charge in [0.15, 0.2) is 0 Å². The Morgan fingerprint density at radius 3 is 2.61 bits per heavy atom. The minimum atomic E-state index is -0.562. The molecule has 0 aromatic heterocycles. The molecule has 0 spiro atoms. The first-order chi connectivity index (χ1) is 15.0. The van der Waals surface area contributed by atoms with Gasteiger partial charge < -0.3 is 10.2 Å². The van der Waals surface area contributed by atoms with E-state index < -0.39 is 5.66 Å². The quantitative estimate of drug-likeness (QED) is 0.491. The molecule has 6 rings (SSSR count). The second-order valence-corrected chi connectivity index (χ2v) is 9.44. The second kappa shape index (κ2) is 6.34. The fourth-order valence-corrected chi connectivity index (χ4v) is 5.80. The number of carbonyl (C=O) groups is 1. The van der Waals surface area contributed by atoms with Crippen LogP contribution in [-0.4, -0.2) is 18.1 Å². The highest BCUT2D eigenvalue weighted by molar-refractivity contribution is 5.85. The molecule has 1 amide bonds. The maximum atomic E-state index is 12.6.